The van der Waals surface area contributed by atoms with Crippen LogP contribution in [0.2, 0.25) is 0 Å². The molecule has 2 fully saturated rings. The number of hydrogen-bond acceptors (Lipinski definition) is 4. The van der Waals surface area contributed by atoms with Gasteiger partial charge in [-0.15, -0.1) is 0 Å². The molecule has 26 heavy (non-hydrogen) atoms. The number of rotatable bonds is 5. The molecular weight excluding hydrogens is 334 g/mol. The minimum atomic E-state index is -0.497. The van der Waals surface area contributed by atoms with Gasteiger partial charge in [-0.3, -0.25) is 9.59 Å². The Bertz CT molecular complexity index is 501. The first-order valence-electron chi connectivity index (χ1n) is 9.77. The number of alkyl carbamates (subject to hydrolysis) is 1. The summed E-state index contributed by atoms with van der Waals surface area (Å²) in [6.07, 6.45) is 5.39. The highest BCUT2D eigenvalue weighted by Crippen LogP contribution is 2.24. The van der Waals surface area contributed by atoms with Crippen molar-refractivity contribution in [1.82, 2.24) is 15.5 Å². The largest absolute Gasteiger partial charge is 0.444 e. The molecule has 1 saturated carbocycles. The Morgan fingerprint density at radius 3 is 2.19 bits per heavy atom. The van der Waals surface area contributed by atoms with Gasteiger partial charge < -0.3 is 20.3 Å². The number of piperidine rings is 1. The maximum atomic E-state index is 12.3. The summed E-state index contributed by atoms with van der Waals surface area (Å²) in [5, 5.41) is 5.59. The second-order valence-corrected chi connectivity index (χ2v) is 8.41. The van der Waals surface area contributed by atoms with Crippen LogP contribution in [0.1, 0.15) is 59.3 Å². The first-order chi connectivity index (χ1) is 12.2. The predicted octanol–water partition coefficient (Wildman–Crippen LogP) is 2.06. The summed E-state index contributed by atoms with van der Waals surface area (Å²) < 4.78 is 5.23. The lowest BCUT2D eigenvalue weighted by molar-refractivity contribution is -0.134. The number of nitrogens with one attached hydrogen (secondary N) is 2. The van der Waals surface area contributed by atoms with Gasteiger partial charge in [-0.05, 0) is 52.4 Å². The van der Waals surface area contributed by atoms with Gasteiger partial charge in [0.15, 0.2) is 0 Å². The topological polar surface area (TPSA) is 87.7 Å². The van der Waals surface area contributed by atoms with Crippen LogP contribution in [0.5, 0.6) is 0 Å². The fourth-order valence-corrected chi connectivity index (χ4v) is 3.54. The summed E-state index contributed by atoms with van der Waals surface area (Å²) >= 11 is 0. The smallest absolute Gasteiger partial charge is 0.407 e. The van der Waals surface area contributed by atoms with Gasteiger partial charge in [-0.2, -0.15) is 0 Å². The van der Waals surface area contributed by atoms with E-state index in [2.05, 4.69) is 10.6 Å². The van der Waals surface area contributed by atoms with Crippen LogP contribution in [-0.2, 0) is 14.3 Å². The molecule has 7 heteroatoms. The van der Waals surface area contributed by atoms with Gasteiger partial charge in [0, 0.05) is 25.6 Å². The SMILES string of the molecule is CC(C)(C)OC(=O)NCC1CCN(C(=O)CNC(=O)C2CCCC2)CC1. The zero-order valence-corrected chi connectivity index (χ0v) is 16.3. The molecule has 0 atom stereocenters. The maximum Gasteiger partial charge on any atom is 0.407 e. The molecule has 2 aliphatic rings. The van der Waals surface area contributed by atoms with E-state index in [4.69, 9.17) is 4.74 Å². The molecule has 0 aromatic rings. The summed E-state index contributed by atoms with van der Waals surface area (Å²) in [7, 11) is 0. The second kappa shape index (κ2) is 9.24. The maximum absolute atomic E-state index is 12.3. The average molecular weight is 367 g/mol. The molecule has 1 aliphatic carbocycles. The van der Waals surface area contributed by atoms with Gasteiger partial charge in [-0.1, -0.05) is 12.8 Å². The summed E-state index contributed by atoms with van der Waals surface area (Å²) in [6, 6.07) is 0. The highest BCUT2D eigenvalue weighted by molar-refractivity contribution is 5.86. The van der Waals surface area contributed by atoms with Crippen molar-refractivity contribution in [3.63, 3.8) is 0 Å². The van der Waals surface area contributed by atoms with Crippen LogP contribution in [0.4, 0.5) is 4.79 Å². The Hall–Kier alpha value is -1.79. The molecule has 1 heterocycles. The van der Waals surface area contributed by atoms with Gasteiger partial charge in [0.05, 0.1) is 6.54 Å². The summed E-state index contributed by atoms with van der Waals surface area (Å²) in [5.41, 5.74) is -0.497. The lowest BCUT2D eigenvalue weighted by atomic mass is 9.97. The van der Waals surface area contributed by atoms with Crippen molar-refractivity contribution >= 4 is 17.9 Å². The summed E-state index contributed by atoms with van der Waals surface area (Å²) in [6.45, 7) is 7.50. The third-order valence-corrected chi connectivity index (χ3v) is 5.04. The second-order valence-electron chi connectivity index (χ2n) is 8.41. The van der Waals surface area contributed by atoms with Crippen LogP contribution in [0.15, 0.2) is 0 Å². The first kappa shape index (κ1) is 20.5. The van der Waals surface area contributed by atoms with Crippen LogP contribution in [0.25, 0.3) is 0 Å². The van der Waals surface area contributed by atoms with Crippen molar-refractivity contribution < 1.29 is 19.1 Å². The van der Waals surface area contributed by atoms with Gasteiger partial charge >= 0.3 is 6.09 Å². The highest BCUT2D eigenvalue weighted by atomic mass is 16.6. The first-order valence-corrected chi connectivity index (χ1v) is 9.77. The van der Waals surface area contributed by atoms with Crippen molar-refractivity contribution in [2.45, 2.75) is 64.9 Å². The molecule has 0 aromatic heterocycles. The minimum absolute atomic E-state index is 0.0186. The third kappa shape index (κ3) is 6.84. The molecule has 2 rings (SSSR count). The number of amides is 3. The predicted molar refractivity (Wildman–Crippen MR) is 98.5 cm³/mol. The van der Waals surface area contributed by atoms with Crippen LogP contribution in [0.3, 0.4) is 0 Å². The number of carbonyl (C=O) groups is 3. The Morgan fingerprint density at radius 2 is 1.62 bits per heavy atom. The molecule has 7 nitrogen and oxygen atoms in total. The number of nitrogens with zero attached hydrogens (tertiary/aromatic N) is 1. The lowest BCUT2D eigenvalue weighted by Gasteiger charge is -2.32. The van der Waals surface area contributed by atoms with E-state index >= 15 is 0 Å². The zero-order valence-electron chi connectivity index (χ0n) is 16.3. The van der Waals surface area contributed by atoms with E-state index in [0.29, 0.717) is 25.6 Å². The van der Waals surface area contributed by atoms with Crippen LogP contribution >= 0.6 is 0 Å². The van der Waals surface area contributed by atoms with Crippen molar-refractivity contribution in [1.29, 1.82) is 0 Å². The van der Waals surface area contributed by atoms with Gasteiger partial charge in [0.25, 0.3) is 0 Å². The molecule has 3 amide bonds. The van der Waals surface area contributed by atoms with E-state index < -0.39 is 11.7 Å². The molecule has 0 spiro atoms. The molecule has 0 radical (unpaired) electrons. The van der Waals surface area contributed by atoms with Crippen molar-refractivity contribution in [2.24, 2.45) is 11.8 Å². The van der Waals surface area contributed by atoms with E-state index in [9.17, 15) is 14.4 Å². The molecule has 1 aliphatic heterocycles. The Labute approximate surface area is 156 Å². The molecule has 2 N–H and O–H groups in total. The fourth-order valence-electron chi connectivity index (χ4n) is 3.54. The standard InChI is InChI=1S/C19H33N3O4/c1-19(2,3)26-18(25)21-12-14-8-10-22(11-9-14)16(23)13-20-17(24)15-6-4-5-7-15/h14-15H,4-13H2,1-3H3,(H,20,24)(H,21,25). The summed E-state index contributed by atoms with van der Waals surface area (Å²) in [5.74, 6) is 0.439. The number of carbonyl (C=O) groups excluding carboxylic acids is 3. The van der Waals surface area contributed by atoms with Crippen LogP contribution in [-0.4, -0.2) is 54.6 Å². The van der Waals surface area contributed by atoms with Crippen LogP contribution in [0, 0.1) is 11.8 Å². The van der Waals surface area contributed by atoms with E-state index in [1.165, 1.54) is 0 Å². The average Bonchev–Trinajstić information content (AvgIpc) is 3.11. The molecule has 0 bridgehead atoms. The molecule has 0 aromatic carbocycles. The van der Waals surface area contributed by atoms with Crippen LogP contribution < -0.4 is 10.6 Å². The molecule has 148 valence electrons. The normalized spacial score (nSPS) is 19.3. The lowest BCUT2D eigenvalue weighted by Crippen LogP contribution is -2.46. The number of ether oxygens (including phenoxy) is 1. The summed E-state index contributed by atoms with van der Waals surface area (Å²) in [4.78, 5) is 37.8. The van der Waals surface area contributed by atoms with E-state index in [0.717, 1.165) is 38.5 Å². The fraction of sp³-hybridized carbons (Fsp3) is 0.842. The number of hydrogen-bond donors (Lipinski definition) is 2. The Balaban J connectivity index is 1.62. The monoisotopic (exact) mass is 367 g/mol. The molecular formula is C19H33N3O4. The van der Waals surface area contributed by atoms with Crippen molar-refractivity contribution in [3.8, 4) is 0 Å². The van der Waals surface area contributed by atoms with Gasteiger partial charge in [0.2, 0.25) is 11.8 Å². The van der Waals surface area contributed by atoms with Crippen molar-refractivity contribution in [2.75, 3.05) is 26.2 Å². The highest BCUT2D eigenvalue weighted by Gasteiger charge is 2.26. The molecule has 0 unspecified atom stereocenters. The Kier molecular flexibility index (Phi) is 7.29. The van der Waals surface area contributed by atoms with Gasteiger partial charge in [-0.25, -0.2) is 4.79 Å². The van der Waals surface area contributed by atoms with E-state index in [1.54, 1.807) is 4.90 Å². The quantitative estimate of drug-likeness (QED) is 0.778. The zero-order chi connectivity index (χ0) is 19.2. The Morgan fingerprint density at radius 1 is 1.00 bits per heavy atom. The third-order valence-electron chi connectivity index (χ3n) is 5.04. The van der Waals surface area contributed by atoms with Gasteiger partial charge in [0.1, 0.15) is 5.60 Å². The van der Waals surface area contributed by atoms with Crippen molar-refractivity contribution in [3.05, 3.63) is 0 Å². The van der Waals surface area contributed by atoms with E-state index in [-0.39, 0.29) is 24.3 Å². The minimum Gasteiger partial charge on any atom is -0.444 e. The molecule has 1 saturated heterocycles. The van der Waals surface area contributed by atoms with E-state index in [1.807, 2.05) is 20.8 Å². The number of likely N-dealkylation sites (tertiary alicyclic amines) is 1.